The van der Waals surface area contributed by atoms with Crippen molar-refractivity contribution in [2.45, 2.75) is 50.7 Å². The van der Waals surface area contributed by atoms with Crippen molar-refractivity contribution in [3.8, 4) is 5.75 Å². The lowest BCUT2D eigenvalue weighted by molar-refractivity contribution is 0.129. The molecule has 34 heavy (non-hydrogen) atoms. The van der Waals surface area contributed by atoms with Gasteiger partial charge in [0.25, 0.3) is 0 Å². The van der Waals surface area contributed by atoms with E-state index >= 15 is 0 Å². The summed E-state index contributed by atoms with van der Waals surface area (Å²) in [5.41, 5.74) is 2.54. The highest BCUT2D eigenvalue weighted by molar-refractivity contribution is 5.38. The third-order valence-electron chi connectivity index (χ3n) is 8.04. The topological polar surface area (TPSA) is 54.6 Å². The van der Waals surface area contributed by atoms with Gasteiger partial charge in [-0.1, -0.05) is 35.4 Å². The second-order valence-electron chi connectivity index (χ2n) is 10.2. The van der Waals surface area contributed by atoms with Crippen LogP contribution in [0, 0.1) is 11.2 Å². The molecule has 1 saturated carbocycles. The Morgan fingerprint density at radius 2 is 1.88 bits per heavy atom. The van der Waals surface area contributed by atoms with Crippen molar-refractivity contribution in [2.75, 3.05) is 31.1 Å². The standard InChI is InChI=1S/C27H31FN4O2/c28-22-6-7-25(33-16-20-4-2-1-3-5-20)24(14-22)21-9-12-31(13-10-21)23-8-11-27(15-23)17-32(18-27)26-30-29-19-34-26/h1-7,14,19,21,23H,8-13,15-18H2/t23-/m1/s1. The van der Waals surface area contributed by atoms with Gasteiger partial charge in [0.2, 0.25) is 6.39 Å². The molecule has 3 aliphatic rings. The van der Waals surface area contributed by atoms with Crippen molar-refractivity contribution >= 4 is 6.01 Å². The summed E-state index contributed by atoms with van der Waals surface area (Å²) in [6.45, 7) is 4.67. The van der Waals surface area contributed by atoms with Crippen LogP contribution in [0.5, 0.6) is 5.75 Å². The lowest BCUT2D eigenvalue weighted by atomic mass is 9.78. The molecule has 6 rings (SSSR count). The van der Waals surface area contributed by atoms with Crippen LogP contribution >= 0.6 is 0 Å². The van der Waals surface area contributed by atoms with Crippen LogP contribution in [0.2, 0.25) is 0 Å². The molecule has 2 saturated heterocycles. The molecule has 0 radical (unpaired) electrons. The number of halogens is 1. The minimum atomic E-state index is -0.182. The average Bonchev–Trinajstić information content (AvgIpc) is 3.54. The molecule has 6 nitrogen and oxygen atoms in total. The molecule has 3 fully saturated rings. The molecule has 2 aromatic carbocycles. The number of hydrogen-bond acceptors (Lipinski definition) is 6. The SMILES string of the molecule is Fc1ccc(OCc2ccccc2)c(C2CCN([C@@H]3CCC4(C3)CN(c3nnco3)C4)CC2)c1. The van der Waals surface area contributed by atoms with Crippen molar-refractivity contribution in [3.05, 3.63) is 71.9 Å². The molecule has 3 aromatic rings. The van der Waals surface area contributed by atoms with Crippen LogP contribution < -0.4 is 9.64 Å². The van der Waals surface area contributed by atoms with Crippen LogP contribution in [-0.4, -0.2) is 47.3 Å². The highest BCUT2D eigenvalue weighted by atomic mass is 19.1. The Morgan fingerprint density at radius 3 is 2.65 bits per heavy atom. The first-order valence-electron chi connectivity index (χ1n) is 12.4. The van der Waals surface area contributed by atoms with E-state index in [4.69, 9.17) is 9.15 Å². The van der Waals surface area contributed by atoms with E-state index < -0.39 is 0 Å². The van der Waals surface area contributed by atoms with E-state index in [1.807, 2.05) is 18.2 Å². The first-order chi connectivity index (χ1) is 16.7. The molecule has 0 bridgehead atoms. The van der Waals surface area contributed by atoms with Crippen molar-refractivity contribution in [3.63, 3.8) is 0 Å². The zero-order chi connectivity index (χ0) is 23.0. The lowest BCUT2D eigenvalue weighted by Gasteiger charge is -2.48. The molecule has 3 heterocycles. The van der Waals surface area contributed by atoms with Gasteiger partial charge < -0.3 is 19.0 Å². The summed E-state index contributed by atoms with van der Waals surface area (Å²) in [4.78, 5) is 4.87. The van der Waals surface area contributed by atoms with Crippen LogP contribution in [0.15, 0.2) is 59.3 Å². The summed E-state index contributed by atoms with van der Waals surface area (Å²) >= 11 is 0. The van der Waals surface area contributed by atoms with Crippen LogP contribution in [-0.2, 0) is 6.61 Å². The fraction of sp³-hybridized carbons (Fsp3) is 0.481. The fourth-order valence-electron chi connectivity index (χ4n) is 6.26. The molecule has 2 aliphatic heterocycles. The lowest BCUT2D eigenvalue weighted by Crippen LogP contribution is -2.56. The minimum Gasteiger partial charge on any atom is -0.489 e. The highest BCUT2D eigenvalue weighted by Crippen LogP contribution is 2.49. The predicted octanol–water partition coefficient (Wildman–Crippen LogP) is 5.03. The predicted molar refractivity (Wildman–Crippen MR) is 127 cm³/mol. The van der Waals surface area contributed by atoms with Gasteiger partial charge in [-0.15, -0.1) is 5.10 Å². The van der Waals surface area contributed by atoms with Gasteiger partial charge >= 0.3 is 6.01 Å². The summed E-state index contributed by atoms with van der Waals surface area (Å²) in [6.07, 6.45) is 7.26. The summed E-state index contributed by atoms with van der Waals surface area (Å²) in [5, 5.41) is 7.84. The average molecular weight is 463 g/mol. The molecule has 1 aromatic heterocycles. The third kappa shape index (κ3) is 4.29. The maximum Gasteiger partial charge on any atom is 0.317 e. The maximum atomic E-state index is 14.2. The molecule has 1 atom stereocenters. The first kappa shape index (κ1) is 21.6. The van der Waals surface area contributed by atoms with E-state index in [-0.39, 0.29) is 5.82 Å². The van der Waals surface area contributed by atoms with Gasteiger partial charge in [-0.25, -0.2) is 4.39 Å². The monoisotopic (exact) mass is 462 g/mol. The maximum absolute atomic E-state index is 14.2. The second-order valence-corrected chi connectivity index (χ2v) is 10.2. The summed E-state index contributed by atoms with van der Waals surface area (Å²) in [5.74, 6) is 0.974. The van der Waals surface area contributed by atoms with E-state index in [1.165, 1.54) is 31.7 Å². The van der Waals surface area contributed by atoms with E-state index in [0.717, 1.165) is 55.9 Å². The van der Waals surface area contributed by atoms with E-state index in [2.05, 4.69) is 32.1 Å². The van der Waals surface area contributed by atoms with E-state index in [9.17, 15) is 4.39 Å². The number of likely N-dealkylation sites (tertiary alicyclic amines) is 1. The second kappa shape index (κ2) is 9.02. The van der Waals surface area contributed by atoms with Crippen molar-refractivity contribution in [1.29, 1.82) is 0 Å². The Morgan fingerprint density at radius 1 is 1.06 bits per heavy atom. The Hall–Kier alpha value is -2.93. The van der Waals surface area contributed by atoms with Crippen LogP contribution in [0.1, 0.15) is 49.1 Å². The Balaban J connectivity index is 1.05. The van der Waals surface area contributed by atoms with Crippen LogP contribution in [0.3, 0.4) is 0 Å². The molecule has 0 unspecified atom stereocenters. The Kier molecular flexibility index (Phi) is 5.73. The van der Waals surface area contributed by atoms with E-state index in [1.54, 1.807) is 12.1 Å². The normalized spacial score (nSPS) is 22.7. The van der Waals surface area contributed by atoms with Crippen molar-refractivity contribution < 1.29 is 13.5 Å². The Bertz CT molecular complexity index is 1090. The molecule has 178 valence electrons. The third-order valence-corrected chi connectivity index (χ3v) is 8.04. The molecule has 0 amide bonds. The molecule has 0 N–H and O–H groups in total. The molecular weight excluding hydrogens is 431 g/mol. The van der Waals surface area contributed by atoms with Gasteiger partial charge in [-0.2, -0.15) is 0 Å². The number of benzene rings is 2. The van der Waals surface area contributed by atoms with Crippen molar-refractivity contribution in [1.82, 2.24) is 15.1 Å². The molecule has 1 aliphatic carbocycles. The fourth-order valence-corrected chi connectivity index (χ4v) is 6.26. The van der Waals surface area contributed by atoms with Crippen LogP contribution in [0.4, 0.5) is 10.4 Å². The van der Waals surface area contributed by atoms with Gasteiger partial charge in [0.15, 0.2) is 0 Å². The summed E-state index contributed by atoms with van der Waals surface area (Å²) < 4.78 is 25.7. The Labute approximate surface area is 199 Å². The number of rotatable bonds is 6. The van der Waals surface area contributed by atoms with Gasteiger partial charge in [-0.05, 0) is 74.9 Å². The van der Waals surface area contributed by atoms with Crippen molar-refractivity contribution in [2.24, 2.45) is 5.41 Å². The number of anilines is 1. The zero-order valence-corrected chi connectivity index (χ0v) is 19.4. The highest BCUT2D eigenvalue weighted by Gasteiger charge is 2.50. The number of aromatic nitrogens is 2. The number of ether oxygens (including phenoxy) is 1. The largest absolute Gasteiger partial charge is 0.489 e. The number of piperidine rings is 1. The van der Waals surface area contributed by atoms with Gasteiger partial charge in [0.05, 0.1) is 0 Å². The zero-order valence-electron chi connectivity index (χ0n) is 19.4. The smallest absolute Gasteiger partial charge is 0.317 e. The number of hydrogen-bond donors (Lipinski definition) is 0. The summed E-state index contributed by atoms with van der Waals surface area (Å²) in [7, 11) is 0. The van der Waals surface area contributed by atoms with Gasteiger partial charge in [0.1, 0.15) is 18.2 Å². The molecule has 7 heteroatoms. The molecule has 1 spiro atoms. The van der Waals surface area contributed by atoms with Gasteiger partial charge in [0, 0.05) is 30.1 Å². The minimum absolute atomic E-state index is 0.182. The number of nitrogens with zero attached hydrogens (tertiary/aromatic N) is 4. The quantitative estimate of drug-likeness (QED) is 0.512. The summed E-state index contributed by atoms with van der Waals surface area (Å²) in [6, 6.07) is 16.4. The van der Waals surface area contributed by atoms with Gasteiger partial charge in [-0.3, -0.25) is 0 Å². The molecular formula is C27H31FN4O2. The first-order valence-corrected chi connectivity index (χ1v) is 12.4. The van der Waals surface area contributed by atoms with Crippen LogP contribution in [0.25, 0.3) is 0 Å². The van der Waals surface area contributed by atoms with E-state index in [0.29, 0.717) is 30.0 Å².